The average Bonchev–Trinajstić information content (AvgIpc) is 3.07. The van der Waals surface area contributed by atoms with Crippen LogP contribution in [-0.2, 0) is 16.1 Å². The lowest BCUT2D eigenvalue weighted by Gasteiger charge is -2.29. The van der Waals surface area contributed by atoms with E-state index in [0.29, 0.717) is 11.6 Å². The number of alkyl halides is 3. The highest BCUT2D eigenvalue weighted by atomic mass is 35.5. The summed E-state index contributed by atoms with van der Waals surface area (Å²) < 4.78 is 55.0. The van der Waals surface area contributed by atoms with E-state index in [2.05, 4.69) is 5.32 Å². The molecule has 1 fully saturated rings. The summed E-state index contributed by atoms with van der Waals surface area (Å²) >= 11 is 5.61. The SMILES string of the molecule is O=C1CCC(N2Cc3cc(C(=O)N[C@H](c4ccc(Cl)cc4F)C(F)(F)F)ccc3C2=O)C(=O)N1. The molecule has 4 amide bonds. The van der Waals surface area contributed by atoms with Crippen molar-refractivity contribution in [3.8, 4) is 0 Å². The van der Waals surface area contributed by atoms with Gasteiger partial charge in [0.2, 0.25) is 11.8 Å². The van der Waals surface area contributed by atoms with E-state index in [1.807, 2.05) is 0 Å². The van der Waals surface area contributed by atoms with Crippen molar-refractivity contribution in [3.63, 3.8) is 0 Å². The van der Waals surface area contributed by atoms with Crippen LogP contribution in [0.1, 0.15) is 50.7 Å². The topological polar surface area (TPSA) is 95.6 Å². The molecule has 2 atom stereocenters. The minimum atomic E-state index is -5.00. The molecular weight excluding hydrogens is 482 g/mol. The zero-order valence-corrected chi connectivity index (χ0v) is 18.0. The third-order valence-electron chi connectivity index (χ3n) is 5.66. The van der Waals surface area contributed by atoms with Crippen molar-refractivity contribution in [3.05, 3.63) is 69.5 Å². The Morgan fingerprint density at radius 1 is 1.15 bits per heavy atom. The number of fused-ring (bicyclic) bond motifs is 1. The van der Waals surface area contributed by atoms with Gasteiger partial charge in [0.1, 0.15) is 11.9 Å². The molecule has 4 rings (SSSR count). The number of nitrogens with one attached hydrogen (secondary N) is 2. The largest absolute Gasteiger partial charge is 0.412 e. The molecule has 0 aliphatic carbocycles. The number of hydrogen-bond donors (Lipinski definition) is 2. The predicted molar refractivity (Wildman–Crippen MR) is 110 cm³/mol. The highest BCUT2D eigenvalue weighted by molar-refractivity contribution is 6.30. The lowest BCUT2D eigenvalue weighted by molar-refractivity contribution is -0.155. The number of benzene rings is 2. The summed E-state index contributed by atoms with van der Waals surface area (Å²) in [5.74, 6) is -3.91. The van der Waals surface area contributed by atoms with Crippen LogP contribution in [0.5, 0.6) is 0 Å². The van der Waals surface area contributed by atoms with Crippen LogP contribution in [0.4, 0.5) is 17.6 Å². The molecule has 0 bridgehead atoms. The first-order valence-corrected chi connectivity index (χ1v) is 10.4. The fraction of sp³-hybridized carbons (Fsp3) is 0.273. The van der Waals surface area contributed by atoms with Crippen molar-refractivity contribution in [2.75, 3.05) is 0 Å². The van der Waals surface area contributed by atoms with E-state index in [4.69, 9.17) is 11.6 Å². The molecule has 2 aromatic carbocycles. The second-order valence-corrected chi connectivity index (χ2v) is 8.32. The van der Waals surface area contributed by atoms with Gasteiger partial charge in [0.25, 0.3) is 11.8 Å². The Morgan fingerprint density at radius 3 is 2.53 bits per heavy atom. The smallest absolute Gasteiger partial charge is 0.337 e. The number of nitrogens with zero attached hydrogens (tertiary/aromatic N) is 1. The van der Waals surface area contributed by atoms with Crippen molar-refractivity contribution in [2.45, 2.75) is 37.6 Å². The van der Waals surface area contributed by atoms with Gasteiger partial charge in [0.15, 0.2) is 6.04 Å². The number of piperidine rings is 1. The van der Waals surface area contributed by atoms with Crippen molar-refractivity contribution < 1.29 is 36.7 Å². The summed E-state index contributed by atoms with van der Waals surface area (Å²) in [6, 6.07) is 2.83. The van der Waals surface area contributed by atoms with Gasteiger partial charge in [-0.1, -0.05) is 17.7 Å². The van der Waals surface area contributed by atoms with Gasteiger partial charge in [-0.25, -0.2) is 4.39 Å². The second-order valence-electron chi connectivity index (χ2n) is 7.89. The standard InChI is InChI=1S/C22H16ClF4N3O4/c23-12-2-4-14(15(24)8-12)18(22(25,26)27)29-19(32)10-1-3-13-11(7-10)9-30(21(13)34)16-5-6-17(31)28-20(16)33/h1-4,7-8,16,18H,5-6,9H2,(H,29,32)(H,28,31,33)/t16?,18-/m1/s1. The van der Waals surface area contributed by atoms with Crippen LogP contribution in [0.15, 0.2) is 36.4 Å². The zero-order valence-electron chi connectivity index (χ0n) is 17.2. The van der Waals surface area contributed by atoms with E-state index < -0.39 is 53.3 Å². The van der Waals surface area contributed by atoms with Gasteiger partial charge in [-0.2, -0.15) is 13.2 Å². The number of carbonyl (C=O) groups is 4. The first-order valence-electron chi connectivity index (χ1n) is 10.1. The van der Waals surface area contributed by atoms with Crippen LogP contribution in [-0.4, -0.2) is 40.7 Å². The van der Waals surface area contributed by atoms with Crippen molar-refractivity contribution in [2.24, 2.45) is 0 Å². The maximum absolute atomic E-state index is 14.1. The molecule has 0 saturated carbocycles. The third kappa shape index (κ3) is 4.47. The van der Waals surface area contributed by atoms with Gasteiger partial charge in [-0.3, -0.25) is 24.5 Å². The fourth-order valence-electron chi connectivity index (χ4n) is 4.00. The Balaban J connectivity index is 1.56. The highest BCUT2D eigenvalue weighted by Crippen LogP contribution is 2.35. The van der Waals surface area contributed by atoms with Crippen LogP contribution in [0.2, 0.25) is 5.02 Å². The third-order valence-corrected chi connectivity index (χ3v) is 5.90. The number of imide groups is 1. The molecule has 34 heavy (non-hydrogen) atoms. The normalized spacial score (nSPS) is 19.0. The summed E-state index contributed by atoms with van der Waals surface area (Å²) in [5.41, 5.74) is -0.452. The number of carbonyl (C=O) groups excluding carboxylic acids is 4. The lowest BCUT2D eigenvalue weighted by Crippen LogP contribution is -2.52. The molecule has 2 aliphatic rings. The average molecular weight is 498 g/mol. The summed E-state index contributed by atoms with van der Waals surface area (Å²) in [6.07, 6.45) is -4.80. The molecule has 178 valence electrons. The minimum Gasteiger partial charge on any atom is -0.337 e. The highest BCUT2D eigenvalue weighted by Gasteiger charge is 2.44. The van der Waals surface area contributed by atoms with E-state index in [1.165, 1.54) is 23.1 Å². The van der Waals surface area contributed by atoms with E-state index in [9.17, 15) is 36.7 Å². The Hall–Kier alpha value is -3.47. The summed E-state index contributed by atoms with van der Waals surface area (Å²) in [5, 5.41) is 3.85. The molecular formula is C22H16ClF4N3O4. The first-order chi connectivity index (χ1) is 16.0. The Morgan fingerprint density at radius 2 is 1.88 bits per heavy atom. The Bertz CT molecular complexity index is 1220. The molecule has 2 N–H and O–H groups in total. The summed E-state index contributed by atoms with van der Waals surface area (Å²) in [4.78, 5) is 50.1. The van der Waals surface area contributed by atoms with Crippen LogP contribution in [0, 0.1) is 5.82 Å². The molecule has 2 aromatic rings. The van der Waals surface area contributed by atoms with E-state index in [-0.39, 0.29) is 35.5 Å². The van der Waals surface area contributed by atoms with Gasteiger partial charge in [0.05, 0.1) is 0 Å². The van der Waals surface area contributed by atoms with Crippen molar-refractivity contribution >= 4 is 35.2 Å². The molecule has 0 aromatic heterocycles. The molecule has 0 spiro atoms. The van der Waals surface area contributed by atoms with E-state index in [0.717, 1.165) is 12.1 Å². The van der Waals surface area contributed by atoms with Gasteiger partial charge < -0.3 is 10.2 Å². The number of halogens is 5. The quantitative estimate of drug-likeness (QED) is 0.500. The Labute approximate surface area is 195 Å². The van der Waals surface area contributed by atoms with Gasteiger partial charge >= 0.3 is 6.18 Å². The zero-order chi connectivity index (χ0) is 24.8. The van der Waals surface area contributed by atoms with Crippen LogP contribution >= 0.6 is 11.6 Å². The van der Waals surface area contributed by atoms with Gasteiger partial charge in [-0.05, 0) is 42.3 Å². The second kappa shape index (κ2) is 8.71. The molecule has 1 saturated heterocycles. The Kier molecular flexibility index (Phi) is 6.07. The summed E-state index contributed by atoms with van der Waals surface area (Å²) in [7, 11) is 0. The number of hydrogen-bond acceptors (Lipinski definition) is 4. The molecule has 12 heteroatoms. The fourth-order valence-corrected chi connectivity index (χ4v) is 4.16. The van der Waals surface area contributed by atoms with Crippen LogP contribution < -0.4 is 10.6 Å². The minimum absolute atomic E-state index is 0.0594. The van der Waals surface area contributed by atoms with Crippen molar-refractivity contribution in [1.82, 2.24) is 15.5 Å². The maximum atomic E-state index is 14.1. The van der Waals surface area contributed by atoms with Gasteiger partial charge in [0, 0.05) is 34.7 Å². The molecule has 0 radical (unpaired) electrons. The van der Waals surface area contributed by atoms with E-state index in [1.54, 1.807) is 5.32 Å². The lowest BCUT2D eigenvalue weighted by atomic mass is 10.0. The monoisotopic (exact) mass is 497 g/mol. The first kappa shape index (κ1) is 23.7. The van der Waals surface area contributed by atoms with Gasteiger partial charge in [-0.15, -0.1) is 0 Å². The number of amides is 4. The molecule has 7 nitrogen and oxygen atoms in total. The molecule has 2 heterocycles. The van der Waals surface area contributed by atoms with E-state index >= 15 is 0 Å². The molecule has 2 aliphatic heterocycles. The van der Waals surface area contributed by atoms with Crippen LogP contribution in [0.25, 0.3) is 0 Å². The number of rotatable bonds is 4. The maximum Gasteiger partial charge on any atom is 0.412 e. The predicted octanol–water partition coefficient (Wildman–Crippen LogP) is 3.27. The molecule has 1 unspecified atom stereocenters. The van der Waals surface area contributed by atoms with Crippen LogP contribution in [0.3, 0.4) is 0 Å². The summed E-state index contributed by atoms with van der Waals surface area (Å²) in [6.45, 7) is -0.0594. The van der Waals surface area contributed by atoms with Crippen molar-refractivity contribution in [1.29, 1.82) is 0 Å².